The van der Waals surface area contributed by atoms with E-state index in [2.05, 4.69) is 45.1 Å². The molecule has 1 aliphatic carbocycles. The summed E-state index contributed by atoms with van der Waals surface area (Å²) in [5.74, 6) is 0.186. The molecule has 3 atom stereocenters. The second-order valence-electron chi connectivity index (χ2n) is 6.35. The molecule has 0 bridgehead atoms. The van der Waals surface area contributed by atoms with E-state index in [0.717, 1.165) is 12.8 Å². The van der Waals surface area contributed by atoms with Gasteiger partial charge in [0.05, 0.1) is 12.2 Å². The van der Waals surface area contributed by atoms with Gasteiger partial charge in [-0.2, -0.15) is 0 Å². The van der Waals surface area contributed by atoms with E-state index in [1.165, 1.54) is 44.9 Å². The number of allylic oxidation sites excluding steroid dienone is 3. The quantitative estimate of drug-likeness (QED) is 0.442. The second-order valence-corrected chi connectivity index (χ2v) is 6.35. The molecule has 0 unspecified atom stereocenters. The molecule has 0 aromatic carbocycles. The number of hydrogen-bond acceptors (Lipinski definition) is 2. The van der Waals surface area contributed by atoms with Crippen molar-refractivity contribution in [2.75, 3.05) is 0 Å². The Morgan fingerprint density at radius 1 is 0.864 bits per heavy atom. The van der Waals surface area contributed by atoms with Crippen LogP contribution in [0.4, 0.5) is 0 Å². The van der Waals surface area contributed by atoms with Crippen molar-refractivity contribution in [2.45, 2.75) is 97.2 Å². The highest BCUT2D eigenvalue weighted by Crippen LogP contribution is 2.27. The number of aliphatic hydroxyl groups excluding tert-OH is 2. The average Bonchev–Trinajstić information content (AvgIpc) is 2.82. The molecule has 0 aliphatic heterocycles. The SMILES string of the molecule is C/C=C\CCCC.CCCCCC/C=C/[C@@H]1C[C@@H](O)C[C@H]1O. The van der Waals surface area contributed by atoms with Crippen LogP contribution < -0.4 is 0 Å². The fourth-order valence-corrected chi connectivity index (χ4v) is 2.68. The molecule has 0 radical (unpaired) electrons. The number of rotatable bonds is 9. The normalized spacial score (nSPS) is 24.9. The van der Waals surface area contributed by atoms with Crippen LogP contribution in [0, 0.1) is 5.92 Å². The summed E-state index contributed by atoms with van der Waals surface area (Å²) >= 11 is 0. The monoisotopic (exact) mass is 310 g/mol. The molecular formula is C20H38O2. The van der Waals surface area contributed by atoms with E-state index in [1.54, 1.807) is 0 Å². The first kappa shape index (κ1) is 21.4. The van der Waals surface area contributed by atoms with Crippen molar-refractivity contribution in [2.24, 2.45) is 5.92 Å². The topological polar surface area (TPSA) is 40.5 Å². The van der Waals surface area contributed by atoms with Gasteiger partial charge in [0, 0.05) is 5.92 Å². The molecule has 2 nitrogen and oxygen atoms in total. The summed E-state index contributed by atoms with van der Waals surface area (Å²) in [5.41, 5.74) is 0. The molecule has 2 N–H and O–H groups in total. The van der Waals surface area contributed by atoms with E-state index in [9.17, 15) is 10.2 Å². The first-order valence-electron chi connectivity index (χ1n) is 9.29. The second kappa shape index (κ2) is 15.3. The summed E-state index contributed by atoms with van der Waals surface area (Å²) in [6.45, 7) is 6.49. The van der Waals surface area contributed by atoms with Gasteiger partial charge in [-0.25, -0.2) is 0 Å². The number of unbranched alkanes of at least 4 members (excludes halogenated alkanes) is 6. The van der Waals surface area contributed by atoms with Crippen molar-refractivity contribution < 1.29 is 10.2 Å². The fraction of sp³-hybridized carbons (Fsp3) is 0.800. The Morgan fingerprint density at radius 2 is 1.55 bits per heavy atom. The number of hydrogen-bond donors (Lipinski definition) is 2. The fourth-order valence-electron chi connectivity index (χ4n) is 2.68. The van der Waals surface area contributed by atoms with E-state index in [1.807, 2.05) is 0 Å². The zero-order valence-electron chi connectivity index (χ0n) is 15.0. The lowest BCUT2D eigenvalue weighted by Crippen LogP contribution is -2.10. The molecule has 22 heavy (non-hydrogen) atoms. The molecule has 1 aliphatic rings. The maximum Gasteiger partial charge on any atom is 0.0628 e. The highest BCUT2D eigenvalue weighted by atomic mass is 16.3. The Balaban J connectivity index is 0.000000534. The van der Waals surface area contributed by atoms with Crippen LogP contribution in [-0.4, -0.2) is 22.4 Å². The minimum atomic E-state index is -0.327. The van der Waals surface area contributed by atoms with Gasteiger partial charge < -0.3 is 10.2 Å². The molecule has 0 spiro atoms. The summed E-state index contributed by atoms with van der Waals surface area (Å²) in [7, 11) is 0. The van der Waals surface area contributed by atoms with E-state index in [0.29, 0.717) is 6.42 Å². The summed E-state index contributed by atoms with van der Waals surface area (Å²) in [5, 5.41) is 18.9. The summed E-state index contributed by atoms with van der Waals surface area (Å²) in [6, 6.07) is 0. The minimum absolute atomic E-state index is 0.186. The minimum Gasteiger partial charge on any atom is -0.393 e. The van der Waals surface area contributed by atoms with Crippen molar-refractivity contribution in [1.29, 1.82) is 0 Å². The van der Waals surface area contributed by atoms with E-state index in [-0.39, 0.29) is 18.1 Å². The van der Waals surface area contributed by atoms with Gasteiger partial charge in [0.1, 0.15) is 0 Å². The zero-order valence-corrected chi connectivity index (χ0v) is 15.0. The van der Waals surface area contributed by atoms with Crippen molar-refractivity contribution in [1.82, 2.24) is 0 Å². The summed E-state index contributed by atoms with van der Waals surface area (Å²) in [6.07, 6.45) is 19.4. The van der Waals surface area contributed by atoms with Crippen LogP contribution in [0.1, 0.15) is 85.0 Å². The van der Waals surface area contributed by atoms with Crippen LogP contribution in [0.3, 0.4) is 0 Å². The van der Waals surface area contributed by atoms with Crippen LogP contribution in [0.15, 0.2) is 24.3 Å². The van der Waals surface area contributed by atoms with Crippen LogP contribution in [0.25, 0.3) is 0 Å². The van der Waals surface area contributed by atoms with Crippen LogP contribution >= 0.6 is 0 Å². The van der Waals surface area contributed by atoms with Gasteiger partial charge in [0.25, 0.3) is 0 Å². The van der Waals surface area contributed by atoms with Crippen LogP contribution in [-0.2, 0) is 0 Å². The molecule has 2 heteroatoms. The average molecular weight is 311 g/mol. The Hall–Kier alpha value is -0.600. The smallest absolute Gasteiger partial charge is 0.0628 e. The van der Waals surface area contributed by atoms with Crippen molar-refractivity contribution in [3.63, 3.8) is 0 Å². The molecule has 0 heterocycles. The molecule has 1 fully saturated rings. The third kappa shape index (κ3) is 12.0. The molecule has 1 rings (SSSR count). The van der Waals surface area contributed by atoms with Gasteiger partial charge in [0.2, 0.25) is 0 Å². The first-order valence-corrected chi connectivity index (χ1v) is 9.29. The van der Waals surface area contributed by atoms with E-state index >= 15 is 0 Å². The Kier molecular flexibility index (Phi) is 14.9. The van der Waals surface area contributed by atoms with Gasteiger partial charge in [-0.15, -0.1) is 0 Å². The molecule has 130 valence electrons. The standard InChI is InChI=1S/C13H24O2.C7H14/c1-2-3-4-5-6-7-8-11-9-12(14)10-13(11)15;1-3-5-7-6-4-2/h7-8,11-15H,2-6,9-10H2,1H3;3,5H,4,6-7H2,1-2H3/b8-7+;5-3-/t11-,12-,13-;/m1./s1. The third-order valence-corrected chi connectivity index (χ3v) is 4.12. The largest absolute Gasteiger partial charge is 0.393 e. The first-order chi connectivity index (χ1) is 10.7. The third-order valence-electron chi connectivity index (χ3n) is 4.12. The zero-order chi connectivity index (χ0) is 16.6. The van der Waals surface area contributed by atoms with Gasteiger partial charge in [0.15, 0.2) is 0 Å². The lowest BCUT2D eigenvalue weighted by molar-refractivity contribution is 0.129. The molecule has 1 saturated carbocycles. The van der Waals surface area contributed by atoms with E-state index in [4.69, 9.17) is 0 Å². The highest BCUT2D eigenvalue weighted by molar-refractivity contribution is 4.97. The molecule has 0 aromatic heterocycles. The van der Waals surface area contributed by atoms with Crippen LogP contribution in [0.2, 0.25) is 0 Å². The maximum absolute atomic E-state index is 9.59. The Morgan fingerprint density at radius 3 is 2.09 bits per heavy atom. The molecule has 0 aromatic rings. The number of aliphatic hydroxyl groups is 2. The molecule has 0 amide bonds. The van der Waals surface area contributed by atoms with Crippen molar-refractivity contribution in [3.8, 4) is 0 Å². The lowest BCUT2D eigenvalue weighted by atomic mass is 10.0. The Bertz CT molecular complexity index is 283. The summed E-state index contributed by atoms with van der Waals surface area (Å²) in [4.78, 5) is 0. The highest BCUT2D eigenvalue weighted by Gasteiger charge is 2.29. The Labute approximate surface area is 138 Å². The van der Waals surface area contributed by atoms with Crippen LogP contribution in [0.5, 0.6) is 0 Å². The lowest BCUT2D eigenvalue weighted by Gasteiger charge is -2.07. The summed E-state index contributed by atoms with van der Waals surface area (Å²) < 4.78 is 0. The maximum atomic E-state index is 9.59. The van der Waals surface area contributed by atoms with E-state index < -0.39 is 0 Å². The van der Waals surface area contributed by atoms with Crippen molar-refractivity contribution in [3.05, 3.63) is 24.3 Å². The predicted octanol–water partition coefficient (Wildman–Crippen LogP) is 5.40. The molecule has 0 saturated heterocycles. The van der Waals surface area contributed by atoms with Gasteiger partial charge in [-0.1, -0.05) is 70.3 Å². The van der Waals surface area contributed by atoms with Gasteiger partial charge in [-0.3, -0.25) is 0 Å². The van der Waals surface area contributed by atoms with Gasteiger partial charge in [-0.05, 0) is 39.0 Å². The predicted molar refractivity (Wildman–Crippen MR) is 97.0 cm³/mol. The van der Waals surface area contributed by atoms with Crippen molar-refractivity contribution >= 4 is 0 Å². The molecular weight excluding hydrogens is 272 g/mol. The van der Waals surface area contributed by atoms with Gasteiger partial charge >= 0.3 is 0 Å².